The van der Waals surface area contributed by atoms with Gasteiger partial charge in [0.15, 0.2) is 16.6 Å². The Balaban J connectivity index is 1.77. The molecule has 2 N–H and O–H groups in total. The molecule has 1 aliphatic rings. The lowest BCUT2D eigenvalue weighted by molar-refractivity contribution is -0.132. The molecule has 4 aromatic rings. The summed E-state index contributed by atoms with van der Waals surface area (Å²) in [6.07, 6.45) is 0. The van der Waals surface area contributed by atoms with E-state index in [1.54, 1.807) is 30.3 Å². The summed E-state index contributed by atoms with van der Waals surface area (Å²) in [5.41, 5.74) is 2.36. The highest BCUT2D eigenvalue weighted by atomic mass is 79.9. The minimum absolute atomic E-state index is 0.114. The van der Waals surface area contributed by atoms with E-state index < -0.39 is 17.7 Å². The zero-order valence-corrected chi connectivity index (χ0v) is 22.1. The highest BCUT2D eigenvalue weighted by molar-refractivity contribution is 9.10. The van der Waals surface area contributed by atoms with Crippen LogP contribution in [0, 0.1) is 6.92 Å². The second kappa shape index (κ2) is 9.24. The van der Waals surface area contributed by atoms with E-state index in [0.29, 0.717) is 31.3 Å². The van der Waals surface area contributed by atoms with E-state index in [-0.39, 0.29) is 22.8 Å². The highest BCUT2D eigenvalue weighted by Gasteiger charge is 2.48. The molecule has 0 saturated carbocycles. The number of amides is 1. The average Bonchev–Trinajstić information content (AvgIpc) is 3.38. The highest BCUT2D eigenvalue weighted by Crippen LogP contribution is 2.47. The number of aromatic nitrogens is 1. The lowest BCUT2D eigenvalue weighted by Gasteiger charge is -2.24. The van der Waals surface area contributed by atoms with Crippen LogP contribution in [0.5, 0.6) is 11.5 Å². The summed E-state index contributed by atoms with van der Waals surface area (Å²) in [4.78, 5) is 32.7. The second-order valence-electron chi connectivity index (χ2n) is 8.20. The van der Waals surface area contributed by atoms with Gasteiger partial charge in [0.25, 0.3) is 5.78 Å². The third-order valence-electron chi connectivity index (χ3n) is 5.89. The largest absolute Gasteiger partial charge is 0.507 e. The molecule has 1 amide bonds. The molecule has 182 valence electrons. The summed E-state index contributed by atoms with van der Waals surface area (Å²) >= 11 is 10.6. The van der Waals surface area contributed by atoms with E-state index in [2.05, 4.69) is 20.9 Å². The summed E-state index contributed by atoms with van der Waals surface area (Å²) in [6.45, 7) is 1.96. The summed E-state index contributed by atoms with van der Waals surface area (Å²) in [7, 11) is 1.39. The van der Waals surface area contributed by atoms with Gasteiger partial charge in [-0.05, 0) is 82.5 Å². The molecule has 1 fully saturated rings. The van der Waals surface area contributed by atoms with Crippen molar-refractivity contribution < 1.29 is 24.5 Å². The van der Waals surface area contributed by atoms with Gasteiger partial charge in [0.1, 0.15) is 5.76 Å². The molecule has 2 heterocycles. The molecule has 1 aromatic heterocycles. The van der Waals surface area contributed by atoms with Gasteiger partial charge in [0.05, 0.1) is 33.4 Å². The number of rotatable bonds is 4. The third-order valence-corrected chi connectivity index (χ3v) is 7.76. The number of carbonyl (C=O) groups is 2. The molecule has 1 atom stereocenters. The van der Waals surface area contributed by atoms with Crippen LogP contribution in [0.1, 0.15) is 22.7 Å². The summed E-state index contributed by atoms with van der Waals surface area (Å²) < 4.78 is 6.46. The van der Waals surface area contributed by atoms with Crippen molar-refractivity contribution in [2.45, 2.75) is 13.0 Å². The van der Waals surface area contributed by atoms with E-state index in [1.165, 1.54) is 29.4 Å². The zero-order chi connectivity index (χ0) is 25.7. The number of benzene rings is 3. The minimum atomic E-state index is -1.03. The van der Waals surface area contributed by atoms with E-state index in [0.717, 1.165) is 10.3 Å². The van der Waals surface area contributed by atoms with Gasteiger partial charge in [-0.15, -0.1) is 0 Å². The first-order valence-electron chi connectivity index (χ1n) is 10.7. The molecule has 0 spiro atoms. The van der Waals surface area contributed by atoms with Crippen molar-refractivity contribution in [2.75, 3.05) is 12.0 Å². The zero-order valence-electron chi connectivity index (χ0n) is 19.0. The Morgan fingerprint density at radius 3 is 2.56 bits per heavy atom. The summed E-state index contributed by atoms with van der Waals surface area (Å²) in [5, 5.41) is 22.4. The number of methoxy groups -OCH3 is 1. The summed E-state index contributed by atoms with van der Waals surface area (Å²) in [5.74, 6) is -2.03. The van der Waals surface area contributed by atoms with Crippen LogP contribution in [0.15, 0.2) is 64.6 Å². The van der Waals surface area contributed by atoms with Gasteiger partial charge in [0.2, 0.25) is 0 Å². The van der Waals surface area contributed by atoms with Gasteiger partial charge in [-0.25, -0.2) is 4.98 Å². The first-order valence-corrected chi connectivity index (χ1v) is 12.7. The number of aliphatic hydroxyl groups excluding tert-OH is 1. The van der Waals surface area contributed by atoms with Gasteiger partial charge < -0.3 is 14.9 Å². The molecule has 1 aliphatic heterocycles. The van der Waals surface area contributed by atoms with Crippen LogP contribution in [-0.2, 0) is 9.59 Å². The topological polar surface area (TPSA) is 100.0 Å². The van der Waals surface area contributed by atoms with Gasteiger partial charge in [-0.1, -0.05) is 29.0 Å². The maximum absolute atomic E-state index is 13.4. The average molecular weight is 586 g/mol. The number of hydrogen-bond donors (Lipinski definition) is 2. The van der Waals surface area contributed by atoms with Crippen molar-refractivity contribution >= 4 is 71.7 Å². The monoisotopic (exact) mass is 584 g/mol. The predicted molar refractivity (Wildman–Crippen MR) is 143 cm³/mol. The third kappa shape index (κ3) is 4.03. The maximum Gasteiger partial charge on any atom is 0.301 e. The minimum Gasteiger partial charge on any atom is -0.507 e. The van der Waals surface area contributed by atoms with Crippen LogP contribution in [0.4, 0.5) is 5.13 Å². The Kier molecular flexibility index (Phi) is 6.23. The Morgan fingerprint density at radius 2 is 1.86 bits per heavy atom. The molecule has 0 bridgehead atoms. The molecule has 0 aliphatic carbocycles. The molecule has 3 aromatic carbocycles. The number of ether oxygens (including phenoxy) is 1. The van der Waals surface area contributed by atoms with Gasteiger partial charge in [-0.3, -0.25) is 14.5 Å². The fraction of sp³-hybridized carbons (Fsp3) is 0.115. The number of ketones is 1. The molecule has 1 unspecified atom stereocenters. The smallest absolute Gasteiger partial charge is 0.301 e. The van der Waals surface area contributed by atoms with Crippen molar-refractivity contribution in [1.29, 1.82) is 0 Å². The van der Waals surface area contributed by atoms with E-state index in [9.17, 15) is 19.8 Å². The van der Waals surface area contributed by atoms with Crippen molar-refractivity contribution in [3.8, 4) is 11.5 Å². The van der Waals surface area contributed by atoms with E-state index in [4.69, 9.17) is 16.3 Å². The number of nitrogens with zero attached hydrogens (tertiary/aromatic N) is 2. The first-order chi connectivity index (χ1) is 17.2. The van der Waals surface area contributed by atoms with Crippen molar-refractivity contribution in [2.24, 2.45) is 0 Å². The number of carbonyl (C=O) groups excluding carboxylic acids is 2. The van der Waals surface area contributed by atoms with Crippen molar-refractivity contribution in [3.63, 3.8) is 0 Å². The lowest BCUT2D eigenvalue weighted by atomic mass is 9.95. The molecule has 0 radical (unpaired) electrons. The number of thiazole rings is 1. The maximum atomic E-state index is 13.4. The van der Waals surface area contributed by atoms with Crippen LogP contribution in [0.2, 0.25) is 5.02 Å². The number of phenolic OH excluding ortho intramolecular Hbond substituents is 1. The summed E-state index contributed by atoms with van der Waals surface area (Å²) in [6, 6.07) is 14.1. The molecule has 7 nitrogen and oxygen atoms in total. The van der Waals surface area contributed by atoms with Crippen LogP contribution >= 0.6 is 38.9 Å². The lowest BCUT2D eigenvalue weighted by Crippen LogP contribution is -2.29. The number of Topliss-reactive ketones (excluding diaryl/α,β-unsaturated/α-hetero) is 1. The predicted octanol–water partition coefficient (Wildman–Crippen LogP) is 6.36. The molecular weight excluding hydrogens is 568 g/mol. The fourth-order valence-corrected chi connectivity index (χ4v) is 5.81. The number of aryl methyl sites for hydroxylation is 1. The second-order valence-corrected chi connectivity index (χ2v) is 10.5. The number of hydrogen-bond acceptors (Lipinski definition) is 7. The molecule has 5 rings (SSSR count). The van der Waals surface area contributed by atoms with Crippen LogP contribution in [-0.4, -0.2) is 34.0 Å². The van der Waals surface area contributed by atoms with Crippen molar-refractivity contribution in [3.05, 3.63) is 86.4 Å². The number of anilines is 1. The quantitative estimate of drug-likeness (QED) is 0.164. The first kappa shape index (κ1) is 24.3. The normalized spacial score (nSPS) is 17.2. The van der Waals surface area contributed by atoms with Crippen LogP contribution in [0.3, 0.4) is 0 Å². The van der Waals surface area contributed by atoms with Crippen LogP contribution < -0.4 is 9.64 Å². The van der Waals surface area contributed by atoms with Crippen LogP contribution in [0.25, 0.3) is 16.0 Å². The number of halogens is 2. The Morgan fingerprint density at radius 1 is 1.14 bits per heavy atom. The molecule has 36 heavy (non-hydrogen) atoms. The van der Waals surface area contributed by atoms with Gasteiger partial charge >= 0.3 is 5.91 Å². The van der Waals surface area contributed by atoms with Crippen molar-refractivity contribution in [1.82, 2.24) is 4.98 Å². The Hall–Kier alpha value is -3.40. The number of aliphatic hydroxyl groups is 1. The molecule has 10 heteroatoms. The van der Waals surface area contributed by atoms with Gasteiger partial charge in [-0.2, -0.15) is 0 Å². The number of phenols is 1. The van der Waals surface area contributed by atoms with Gasteiger partial charge in [0, 0.05) is 10.6 Å². The SMILES string of the molecule is COc1cc(C2/C(=C(\O)c3ccc(Cl)cc3)C(=O)C(=O)N2c2nc3ccc(C)cc3s2)cc(Br)c1O. The van der Waals surface area contributed by atoms with E-state index >= 15 is 0 Å². The Labute approximate surface area is 223 Å². The number of fused-ring (bicyclic) bond motifs is 1. The Bertz CT molecular complexity index is 1580. The number of aromatic hydroxyl groups is 1. The fourth-order valence-electron chi connectivity index (χ4n) is 4.14. The van der Waals surface area contributed by atoms with E-state index in [1.807, 2.05) is 25.1 Å². The molecular formula is C26H18BrClN2O5S. The molecule has 1 saturated heterocycles. The standard InChI is InChI=1S/C26H18BrClN2O5S/c1-12-3-8-17-19(9-12)36-26(29-17)30-21(14-10-16(27)23(32)18(11-14)35-2)20(24(33)25(30)34)22(31)13-4-6-15(28)7-5-13/h3-11,21,31-32H,1-2H3/b22-20+.